The van der Waals surface area contributed by atoms with Gasteiger partial charge in [-0.3, -0.25) is 4.79 Å². The summed E-state index contributed by atoms with van der Waals surface area (Å²) in [5.74, 6) is 0.698. The number of hydrogen-bond acceptors (Lipinski definition) is 4. The lowest BCUT2D eigenvalue weighted by Gasteiger charge is -2.36. The first kappa shape index (κ1) is 14.8. The molecule has 1 aromatic carbocycles. The Morgan fingerprint density at radius 3 is 2.75 bits per heavy atom. The molecule has 2 rings (SSSR count). The maximum atomic E-state index is 12.3. The second kappa shape index (κ2) is 5.81. The first-order valence-electron chi connectivity index (χ1n) is 6.84. The molecular weight excluding hydrogens is 256 g/mol. The van der Waals surface area contributed by atoms with Gasteiger partial charge in [-0.25, -0.2) is 0 Å². The molecule has 0 bridgehead atoms. The van der Waals surface area contributed by atoms with Crippen LogP contribution in [0.1, 0.15) is 32.4 Å². The van der Waals surface area contributed by atoms with E-state index >= 15 is 0 Å². The number of nitrogens with two attached hydrogens (primary N) is 1. The van der Waals surface area contributed by atoms with Crippen LogP contribution in [0.15, 0.2) is 18.2 Å². The van der Waals surface area contributed by atoms with Gasteiger partial charge < -0.3 is 20.1 Å². The third kappa shape index (κ3) is 2.64. The number of fused-ring (bicyclic) bond motifs is 1. The van der Waals surface area contributed by atoms with Crippen molar-refractivity contribution in [2.75, 3.05) is 18.6 Å². The largest absolute Gasteiger partial charge is 0.479 e. The van der Waals surface area contributed by atoms with Crippen LogP contribution >= 0.6 is 0 Å². The number of methoxy groups -OCH3 is 1. The lowest BCUT2D eigenvalue weighted by Crippen LogP contribution is -2.48. The highest BCUT2D eigenvalue weighted by atomic mass is 16.5. The Balaban J connectivity index is 2.42. The van der Waals surface area contributed by atoms with Gasteiger partial charge in [0.2, 0.25) is 0 Å². The van der Waals surface area contributed by atoms with Crippen molar-refractivity contribution in [3.05, 3.63) is 23.8 Å². The zero-order valence-corrected chi connectivity index (χ0v) is 12.4. The van der Waals surface area contributed by atoms with Crippen LogP contribution in [0.2, 0.25) is 0 Å². The Labute approximate surface area is 119 Å². The zero-order valence-electron chi connectivity index (χ0n) is 12.4. The molecule has 20 heavy (non-hydrogen) atoms. The lowest BCUT2D eigenvalue weighted by atomic mass is 10.0. The smallest absolute Gasteiger partial charge is 0.268 e. The third-order valence-corrected chi connectivity index (χ3v) is 3.42. The molecule has 1 aliphatic heterocycles. The van der Waals surface area contributed by atoms with E-state index in [1.165, 1.54) is 0 Å². The summed E-state index contributed by atoms with van der Waals surface area (Å²) in [6, 6.07) is 5.57. The Kier molecular flexibility index (Phi) is 4.30. The standard InChI is InChI=1S/C15H22N2O3/c1-9(2)17-13-7-11(12(16)8-19-4)5-6-14(13)20-10(3)15(17)18/h5-7,9-10,12H,8,16H2,1-4H3. The summed E-state index contributed by atoms with van der Waals surface area (Å²) in [6.45, 7) is 6.18. The summed E-state index contributed by atoms with van der Waals surface area (Å²) in [6.07, 6.45) is -0.455. The van der Waals surface area contributed by atoms with Crippen LogP contribution in [0.3, 0.4) is 0 Å². The SMILES string of the molecule is COCC(N)c1ccc2c(c1)N(C(C)C)C(=O)C(C)O2. The molecule has 0 aromatic heterocycles. The predicted molar refractivity (Wildman–Crippen MR) is 78.0 cm³/mol. The monoisotopic (exact) mass is 278 g/mol. The second-order valence-electron chi connectivity index (χ2n) is 5.35. The molecular formula is C15H22N2O3. The summed E-state index contributed by atoms with van der Waals surface area (Å²) < 4.78 is 10.7. The summed E-state index contributed by atoms with van der Waals surface area (Å²) in [7, 11) is 1.62. The summed E-state index contributed by atoms with van der Waals surface area (Å²) >= 11 is 0. The number of amides is 1. The molecule has 1 amide bonds. The van der Waals surface area contributed by atoms with E-state index in [4.69, 9.17) is 15.2 Å². The van der Waals surface area contributed by atoms with E-state index in [0.717, 1.165) is 17.0 Å². The van der Waals surface area contributed by atoms with Gasteiger partial charge >= 0.3 is 0 Å². The maximum absolute atomic E-state index is 12.3. The maximum Gasteiger partial charge on any atom is 0.268 e. The van der Waals surface area contributed by atoms with E-state index in [2.05, 4.69) is 0 Å². The number of hydrogen-bond donors (Lipinski definition) is 1. The van der Waals surface area contributed by atoms with Gasteiger partial charge in [0.1, 0.15) is 5.75 Å². The second-order valence-corrected chi connectivity index (χ2v) is 5.35. The quantitative estimate of drug-likeness (QED) is 0.913. The summed E-state index contributed by atoms with van der Waals surface area (Å²) in [4.78, 5) is 14.1. The van der Waals surface area contributed by atoms with E-state index in [1.807, 2.05) is 32.0 Å². The van der Waals surface area contributed by atoms with Gasteiger partial charge in [-0.15, -0.1) is 0 Å². The summed E-state index contributed by atoms with van der Waals surface area (Å²) in [5, 5.41) is 0. The minimum absolute atomic E-state index is 0.0232. The van der Waals surface area contributed by atoms with Crippen molar-refractivity contribution in [3.8, 4) is 5.75 Å². The topological polar surface area (TPSA) is 64.8 Å². The number of anilines is 1. The van der Waals surface area contributed by atoms with Crippen molar-refractivity contribution < 1.29 is 14.3 Å². The van der Waals surface area contributed by atoms with Crippen LogP contribution < -0.4 is 15.4 Å². The van der Waals surface area contributed by atoms with E-state index in [9.17, 15) is 4.79 Å². The minimum atomic E-state index is -0.455. The van der Waals surface area contributed by atoms with Gasteiger partial charge in [0.15, 0.2) is 6.10 Å². The third-order valence-electron chi connectivity index (χ3n) is 3.42. The number of carbonyl (C=O) groups is 1. The molecule has 0 radical (unpaired) electrons. The highest BCUT2D eigenvalue weighted by Gasteiger charge is 2.33. The fraction of sp³-hybridized carbons (Fsp3) is 0.533. The van der Waals surface area contributed by atoms with Gasteiger partial charge in [-0.2, -0.15) is 0 Å². The fourth-order valence-corrected chi connectivity index (χ4v) is 2.42. The highest BCUT2D eigenvalue weighted by Crippen LogP contribution is 2.37. The van der Waals surface area contributed by atoms with Crippen LogP contribution in [-0.2, 0) is 9.53 Å². The lowest BCUT2D eigenvalue weighted by molar-refractivity contribution is -0.125. The Morgan fingerprint density at radius 2 is 2.15 bits per heavy atom. The van der Waals surface area contributed by atoms with E-state index in [-0.39, 0.29) is 18.0 Å². The van der Waals surface area contributed by atoms with Crippen LogP contribution in [0.5, 0.6) is 5.75 Å². The normalized spacial score (nSPS) is 19.8. The van der Waals surface area contributed by atoms with Crippen LogP contribution in [0.25, 0.3) is 0 Å². The Bertz CT molecular complexity index is 502. The van der Waals surface area contributed by atoms with Crippen LogP contribution in [0, 0.1) is 0 Å². The van der Waals surface area contributed by atoms with Crippen molar-refractivity contribution in [2.45, 2.75) is 39.0 Å². The molecule has 2 atom stereocenters. The van der Waals surface area contributed by atoms with Gasteiger partial charge in [0.25, 0.3) is 5.91 Å². The highest BCUT2D eigenvalue weighted by molar-refractivity contribution is 6.00. The number of benzene rings is 1. The molecule has 0 saturated heterocycles. The molecule has 2 N–H and O–H groups in total. The van der Waals surface area contributed by atoms with Gasteiger partial charge in [-0.05, 0) is 38.5 Å². The molecule has 0 aliphatic carbocycles. The molecule has 0 saturated carbocycles. The van der Waals surface area contributed by atoms with E-state index in [1.54, 1.807) is 18.9 Å². The Morgan fingerprint density at radius 1 is 1.45 bits per heavy atom. The minimum Gasteiger partial charge on any atom is -0.479 e. The molecule has 0 spiro atoms. The van der Waals surface area contributed by atoms with E-state index < -0.39 is 6.10 Å². The summed E-state index contributed by atoms with van der Waals surface area (Å²) in [5.41, 5.74) is 7.77. The van der Waals surface area contributed by atoms with Crippen molar-refractivity contribution in [3.63, 3.8) is 0 Å². The number of carbonyl (C=O) groups excluding carboxylic acids is 1. The van der Waals surface area contributed by atoms with Crippen LogP contribution in [0.4, 0.5) is 5.69 Å². The molecule has 1 heterocycles. The van der Waals surface area contributed by atoms with Crippen molar-refractivity contribution >= 4 is 11.6 Å². The van der Waals surface area contributed by atoms with Gasteiger partial charge in [-0.1, -0.05) is 6.07 Å². The van der Waals surface area contributed by atoms with Crippen molar-refractivity contribution in [2.24, 2.45) is 5.73 Å². The Hall–Kier alpha value is -1.59. The van der Waals surface area contributed by atoms with Gasteiger partial charge in [0, 0.05) is 13.2 Å². The predicted octanol–water partition coefficient (Wildman–Crippen LogP) is 1.86. The molecule has 5 nitrogen and oxygen atoms in total. The number of ether oxygens (including phenoxy) is 2. The molecule has 0 fully saturated rings. The molecule has 1 aliphatic rings. The fourth-order valence-electron chi connectivity index (χ4n) is 2.42. The average Bonchev–Trinajstić information content (AvgIpc) is 2.39. The average molecular weight is 278 g/mol. The van der Waals surface area contributed by atoms with Crippen molar-refractivity contribution in [1.82, 2.24) is 0 Å². The number of rotatable bonds is 4. The first-order chi connectivity index (χ1) is 9.45. The first-order valence-corrected chi connectivity index (χ1v) is 6.84. The van der Waals surface area contributed by atoms with Crippen molar-refractivity contribution in [1.29, 1.82) is 0 Å². The van der Waals surface area contributed by atoms with Gasteiger partial charge in [0.05, 0.1) is 18.3 Å². The molecule has 5 heteroatoms. The van der Waals surface area contributed by atoms with Crippen LogP contribution in [-0.4, -0.2) is 31.8 Å². The van der Waals surface area contributed by atoms with E-state index in [0.29, 0.717) is 6.61 Å². The molecule has 110 valence electrons. The molecule has 2 unspecified atom stereocenters. The number of nitrogens with zero attached hydrogens (tertiary/aromatic N) is 1. The molecule has 1 aromatic rings. The zero-order chi connectivity index (χ0) is 14.9.